The van der Waals surface area contributed by atoms with Crippen molar-refractivity contribution >= 4 is 27.3 Å². The Labute approximate surface area is 137 Å². The Bertz CT molecular complexity index is 983. The monoisotopic (exact) mass is 452 g/mol. The molecule has 0 saturated carbocycles. The van der Waals surface area contributed by atoms with E-state index in [-0.39, 0.29) is 20.1 Å². The Morgan fingerprint density at radius 3 is 2.71 bits per heavy atom. The average Bonchev–Trinajstić information content (AvgIpc) is 2.81. The van der Waals surface area contributed by atoms with Crippen LogP contribution >= 0.6 is 0 Å². The van der Waals surface area contributed by atoms with Crippen molar-refractivity contribution < 1.29 is 20.1 Å². The Balaban J connectivity index is 0.00000132. The van der Waals surface area contributed by atoms with Crippen LogP contribution in [0.3, 0.4) is 0 Å². The molecule has 0 aliphatic heterocycles. The molecule has 2 aromatic heterocycles. The van der Waals surface area contributed by atoms with Crippen LogP contribution in [0.2, 0.25) is 0 Å². The maximum Gasteiger partial charge on any atom is 0.0610 e. The van der Waals surface area contributed by atoms with Gasteiger partial charge < -0.3 is 4.40 Å². The van der Waals surface area contributed by atoms with E-state index in [1.54, 1.807) is 0 Å². The molecule has 21 heavy (non-hydrogen) atoms. The molecule has 0 atom stereocenters. The van der Waals surface area contributed by atoms with E-state index in [9.17, 15) is 0 Å². The van der Waals surface area contributed by atoms with Crippen molar-refractivity contribution in [2.24, 2.45) is 0 Å². The van der Waals surface area contributed by atoms with Gasteiger partial charge in [0.1, 0.15) is 0 Å². The SMILES string of the molecule is Cc1cc(C)c2c(c1)c1ccc[c-]c1c1ncc(C)n12.[Ir]. The Morgan fingerprint density at radius 2 is 1.90 bits per heavy atom. The van der Waals surface area contributed by atoms with Gasteiger partial charge in [-0.3, -0.25) is 4.98 Å². The molecule has 107 valence electrons. The smallest absolute Gasteiger partial charge is 0.0610 e. The zero-order valence-corrected chi connectivity index (χ0v) is 14.6. The number of hydrogen-bond acceptors (Lipinski definition) is 1. The molecule has 2 nitrogen and oxygen atoms in total. The number of hydrogen-bond donors (Lipinski definition) is 0. The maximum atomic E-state index is 4.59. The Morgan fingerprint density at radius 1 is 1.10 bits per heavy atom. The normalized spacial score (nSPS) is 11.2. The molecule has 0 fully saturated rings. The first-order chi connectivity index (χ1) is 9.66. The molecule has 3 heteroatoms. The molecule has 0 amide bonds. The number of aromatic nitrogens is 2. The summed E-state index contributed by atoms with van der Waals surface area (Å²) < 4.78 is 2.25. The van der Waals surface area contributed by atoms with Crippen molar-refractivity contribution in [1.82, 2.24) is 9.38 Å². The minimum absolute atomic E-state index is 0. The van der Waals surface area contributed by atoms with E-state index in [1.807, 2.05) is 18.3 Å². The molecule has 0 aliphatic rings. The van der Waals surface area contributed by atoms with Gasteiger partial charge in [-0.15, -0.1) is 29.7 Å². The molecule has 2 heterocycles. The van der Waals surface area contributed by atoms with E-state index in [0.717, 1.165) is 16.7 Å². The summed E-state index contributed by atoms with van der Waals surface area (Å²) in [6, 6.07) is 14.0. The first-order valence-corrected chi connectivity index (χ1v) is 6.84. The first kappa shape index (κ1) is 14.2. The second-order valence-corrected chi connectivity index (χ2v) is 5.50. The summed E-state index contributed by atoms with van der Waals surface area (Å²) >= 11 is 0. The van der Waals surface area contributed by atoms with Gasteiger partial charge in [0.05, 0.1) is 5.65 Å². The van der Waals surface area contributed by atoms with Gasteiger partial charge in [-0.05, 0) is 31.7 Å². The van der Waals surface area contributed by atoms with Gasteiger partial charge in [-0.25, -0.2) is 0 Å². The molecule has 0 spiro atoms. The molecule has 0 bridgehead atoms. The standard InChI is InChI=1S/C18H15N2.Ir/c1-11-8-12(2)17-16(9-11)14-6-4-5-7-15(14)18-19-10-13(3)20(17)18;/h4-6,8-10H,1-3H3;/q-1;. The molecular weight excluding hydrogens is 436 g/mol. The van der Waals surface area contributed by atoms with E-state index in [1.165, 1.54) is 27.4 Å². The van der Waals surface area contributed by atoms with E-state index >= 15 is 0 Å². The van der Waals surface area contributed by atoms with Gasteiger partial charge in [-0.1, -0.05) is 23.1 Å². The molecule has 0 saturated heterocycles. The predicted molar refractivity (Wildman–Crippen MR) is 83.3 cm³/mol. The van der Waals surface area contributed by atoms with Crippen molar-refractivity contribution in [2.75, 3.05) is 0 Å². The van der Waals surface area contributed by atoms with Crippen LogP contribution in [0.5, 0.6) is 0 Å². The van der Waals surface area contributed by atoms with Crippen LogP contribution in [-0.4, -0.2) is 9.38 Å². The number of nitrogens with zero attached hydrogens (tertiary/aromatic N) is 2. The van der Waals surface area contributed by atoms with Gasteiger partial charge in [0.2, 0.25) is 0 Å². The summed E-state index contributed by atoms with van der Waals surface area (Å²) in [6.45, 7) is 6.43. The van der Waals surface area contributed by atoms with Crippen molar-refractivity contribution in [3.63, 3.8) is 0 Å². The molecule has 1 radical (unpaired) electrons. The summed E-state index contributed by atoms with van der Waals surface area (Å²) in [5, 5.41) is 3.61. The number of aryl methyl sites for hydroxylation is 3. The van der Waals surface area contributed by atoms with Gasteiger partial charge in [-0.2, -0.15) is 0 Å². The zero-order valence-electron chi connectivity index (χ0n) is 12.2. The number of benzene rings is 2. The summed E-state index contributed by atoms with van der Waals surface area (Å²) in [6.07, 6.45) is 1.94. The molecule has 0 aliphatic carbocycles. The van der Waals surface area contributed by atoms with E-state index in [0.29, 0.717) is 0 Å². The third-order valence-corrected chi connectivity index (χ3v) is 3.98. The number of pyridine rings is 1. The number of imidazole rings is 1. The third kappa shape index (κ3) is 1.92. The van der Waals surface area contributed by atoms with Crippen molar-refractivity contribution in [2.45, 2.75) is 20.8 Å². The van der Waals surface area contributed by atoms with Gasteiger partial charge in [0, 0.05) is 37.5 Å². The van der Waals surface area contributed by atoms with Crippen molar-refractivity contribution in [3.05, 3.63) is 59.4 Å². The Kier molecular flexibility index (Phi) is 3.35. The van der Waals surface area contributed by atoms with E-state index in [2.05, 4.69) is 54.4 Å². The maximum absolute atomic E-state index is 4.59. The summed E-state index contributed by atoms with van der Waals surface area (Å²) in [4.78, 5) is 4.59. The first-order valence-electron chi connectivity index (χ1n) is 6.84. The fourth-order valence-corrected chi connectivity index (χ4v) is 3.20. The second-order valence-electron chi connectivity index (χ2n) is 5.50. The largest absolute Gasteiger partial charge is 0.337 e. The van der Waals surface area contributed by atoms with Crippen LogP contribution in [0, 0.1) is 26.8 Å². The topological polar surface area (TPSA) is 17.3 Å². The summed E-state index contributed by atoms with van der Waals surface area (Å²) in [7, 11) is 0. The van der Waals surface area contributed by atoms with Crippen LogP contribution < -0.4 is 0 Å². The molecule has 2 aromatic carbocycles. The zero-order chi connectivity index (χ0) is 13.9. The van der Waals surface area contributed by atoms with Crippen molar-refractivity contribution in [3.8, 4) is 0 Å². The molecule has 4 aromatic rings. The number of fused-ring (bicyclic) bond motifs is 6. The second kappa shape index (κ2) is 4.94. The molecule has 0 unspecified atom stereocenters. The number of rotatable bonds is 0. The summed E-state index contributed by atoms with van der Waals surface area (Å²) in [5.74, 6) is 0. The quantitative estimate of drug-likeness (QED) is 0.287. The fraction of sp³-hybridized carbons (Fsp3) is 0.167. The fourth-order valence-electron chi connectivity index (χ4n) is 3.20. The van der Waals surface area contributed by atoms with Crippen molar-refractivity contribution in [1.29, 1.82) is 0 Å². The summed E-state index contributed by atoms with van der Waals surface area (Å²) in [5.41, 5.74) is 6.00. The van der Waals surface area contributed by atoms with Gasteiger partial charge in [0.15, 0.2) is 0 Å². The average molecular weight is 452 g/mol. The van der Waals surface area contributed by atoms with Crippen LogP contribution in [0.15, 0.2) is 36.5 Å². The third-order valence-electron chi connectivity index (χ3n) is 3.98. The molecule has 4 rings (SSSR count). The van der Waals surface area contributed by atoms with Gasteiger partial charge >= 0.3 is 0 Å². The Hall–Kier alpha value is -1.70. The van der Waals surface area contributed by atoms with Gasteiger partial charge in [0.25, 0.3) is 0 Å². The predicted octanol–water partition coefficient (Wildman–Crippen LogP) is 4.36. The van der Waals surface area contributed by atoms with E-state index in [4.69, 9.17) is 0 Å². The minimum Gasteiger partial charge on any atom is -0.337 e. The van der Waals surface area contributed by atoms with Crippen LogP contribution in [0.1, 0.15) is 16.8 Å². The van der Waals surface area contributed by atoms with Crippen LogP contribution in [0.25, 0.3) is 27.3 Å². The van der Waals surface area contributed by atoms with Crippen LogP contribution in [0.4, 0.5) is 0 Å². The molecular formula is C18H15IrN2-. The molecule has 0 N–H and O–H groups in total. The minimum atomic E-state index is 0. The van der Waals surface area contributed by atoms with E-state index < -0.39 is 0 Å². The van der Waals surface area contributed by atoms with Crippen LogP contribution in [-0.2, 0) is 20.1 Å².